The van der Waals surface area contributed by atoms with Crippen LogP contribution in [0.25, 0.3) is 0 Å². The molecule has 4 aromatic carbocycles. The number of aryl methyl sites for hydroxylation is 3. The molecule has 2 aromatic heterocycles. The smallest absolute Gasteiger partial charge is 0.322 e. The maximum Gasteiger partial charge on any atom is 0.322 e. The molecule has 340 valence electrons. The van der Waals surface area contributed by atoms with Gasteiger partial charge in [-0.2, -0.15) is 20.7 Å². The first-order chi connectivity index (χ1) is 32.2. The van der Waals surface area contributed by atoms with Crippen LogP contribution in [0.3, 0.4) is 0 Å². The lowest BCUT2D eigenvalue weighted by molar-refractivity contribution is 0.0400. The molecule has 4 heterocycles. The minimum absolute atomic E-state index is 0.0167. The van der Waals surface area contributed by atoms with Gasteiger partial charge in [-0.15, -0.1) is 0 Å². The summed E-state index contributed by atoms with van der Waals surface area (Å²) in [6.07, 6.45) is 3.84. The summed E-state index contributed by atoms with van der Waals surface area (Å²) in [7, 11) is 0. The first kappa shape index (κ1) is 45.2. The van der Waals surface area contributed by atoms with E-state index in [1.807, 2.05) is 75.4 Å². The molecule has 0 spiro atoms. The van der Waals surface area contributed by atoms with Crippen LogP contribution in [0.5, 0.6) is 0 Å². The maximum atomic E-state index is 14.1. The molecule has 0 saturated carbocycles. The number of rotatable bonds is 14. The Hall–Kier alpha value is -8.35. The Morgan fingerprint density at radius 1 is 0.657 bits per heavy atom. The maximum absolute atomic E-state index is 14.1. The van der Waals surface area contributed by atoms with Crippen LogP contribution in [-0.2, 0) is 17.5 Å². The van der Waals surface area contributed by atoms with Gasteiger partial charge in [0.25, 0.3) is 11.8 Å². The van der Waals surface area contributed by atoms with E-state index < -0.39 is 22.9 Å². The van der Waals surface area contributed by atoms with E-state index in [1.54, 1.807) is 57.1 Å². The first-order valence-electron chi connectivity index (χ1n) is 21.5. The van der Waals surface area contributed by atoms with Crippen molar-refractivity contribution in [3.05, 3.63) is 136 Å². The van der Waals surface area contributed by atoms with Crippen molar-refractivity contribution in [2.75, 3.05) is 52.8 Å². The number of primary amides is 1. The van der Waals surface area contributed by atoms with Crippen molar-refractivity contribution in [1.82, 2.24) is 29.4 Å². The molecule has 8 rings (SSSR count). The molecule has 2 saturated heterocycles. The topological polar surface area (TPSA) is 244 Å². The van der Waals surface area contributed by atoms with Crippen LogP contribution in [-0.4, -0.2) is 79.4 Å². The first-order valence-corrected chi connectivity index (χ1v) is 21.8. The Kier molecular flexibility index (Phi) is 12.6. The minimum Gasteiger partial charge on any atom is -0.365 e. The fourth-order valence-electron chi connectivity index (χ4n) is 8.34. The van der Waals surface area contributed by atoms with Gasteiger partial charge in [-0.1, -0.05) is 67.1 Å². The van der Waals surface area contributed by atoms with Crippen LogP contribution < -0.4 is 32.3 Å². The zero-order chi connectivity index (χ0) is 47.5. The van der Waals surface area contributed by atoms with Gasteiger partial charge in [-0.3, -0.25) is 19.0 Å². The Morgan fingerprint density at radius 3 is 1.69 bits per heavy atom. The average Bonchev–Trinajstić information content (AvgIpc) is 3.91. The van der Waals surface area contributed by atoms with Crippen molar-refractivity contribution in [3.63, 3.8) is 0 Å². The van der Waals surface area contributed by atoms with Gasteiger partial charge in [0.1, 0.15) is 22.2 Å². The van der Waals surface area contributed by atoms with Gasteiger partial charge in [0.05, 0.1) is 61.9 Å². The number of benzene rings is 4. The number of halogens is 1. The molecular formula is C48H47ClN14O4. The zero-order valence-electron chi connectivity index (χ0n) is 36.9. The second-order valence-corrected chi connectivity index (χ2v) is 17.2. The number of carbonyl (C=O) groups is 4. The summed E-state index contributed by atoms with van der Waals surface area (Å²) in [5, 5.41) is 44.8. The summed E-state index contributed by atoms with van der Waals surface area (Å²) in [6.45, 7) is 6.44. The molecule has 0 bridgehead atoms. The number of amides is 6. The summed E-state index contributed by atoms with van der Waals surface area (Å²) < 4.78 is 3.11. The van der Waals surface area contributed by atoms with Crippen molar-refractivity contribution >= 4 is 75.6 Å². The standard InChI is InChI=1S/C48H47ClN14O4/c1-4-32-12-8-10-30(2)39(32)56-45(66)60-26-47(27-60,20-22-50)62-24-36(41(52)64)42(58-62)54-34-16-18-35(19-17-34)55-44(65)37-25-63(59-43(37)53-33-13-6-5-7-14-33)48(21-23-51)28-61(29-48)46(67)57-40-31(3)11-9-15-38(40)49/h5-19,24-25H,4,20-21,26-29H2,1-3H3,(H2,52,64)(H,53,59)(H,54,58)(H,55,65)(H,56,66)(H,57,67). The van der Waals surface area contributed by atoms with Gasteiger partial charge in [0, 0.05) is 35.1 Å². The monoisotopic (exact) mass is 918 g/mol. The van der Waals surface area contributed by atoms with Crippen LogP contribution in [0.2, 0.25) is 5.02 Å². The number of hydrogen-bond acceptors (Lipinski definition) is 10. The molecule has 67 heavy (non-hydrogen) atoms. The summed E-state index contributed by atoms with van der Waals surface area (Å²) in [4.78, 5) is 56.6. The minimum atomic E-state index is -0.918. The van der Waals surface area contributed by atoms with E-state index in [4.69, 9.17) is 22.4 Å². The highest BCUT2D eigenvalue weighted by molar-refractivity contribution is 6.33. The fraction of sp³-hybridized carbons (Fsp3) is 0.250. The predicted octanol–water partition coefficient (Wildman–Crippen LogP) is 8.06. The molecule has 6 aromatic rings. The normalized spacial score (nSPS) is 14.4. The van der Waals surface area contributed by atoms with E-state index in [-0.39, 0.29) is 73.8 Å². The van der Waals surface area contributed by atoms with Crippen molar-refractivity contribution < 1.29 is 19.2 Å². The lowest BCUT2D eigenvalue weighted by atomic mass is 9.87. The Labute approximate surface area is 391 Å². The van der Waals surface area contributed by atoms with E-state index in [0.717, 1.165) is 28.8 Å². The number of nitrogens with zero attached hydrogens (tertiary/aromatic N) is 8. The number of nitrogens with one attached hydrogen (secondary N) is 5. The SMILES string of the molecule is CCc1cccc(C)c1NC(=O)N1CC(CC#N)(n2cc(C(N)=O)c(Nc3ccc(NC(=O)c4cn(C5(CC#N)CN(C(=O)Nc6c(C)cccc6Cl)C5)nc4Nc4ccccc4)cc3)n2)C1. The van der Waals surface area contributed by atoms with E-state index in [9.17, 15) is 29.7 Å². The Morgan fingerprint density at radius 2 is 1.15 bits per heavy atom. The second kappa shape index (κ2) is 18.6. The number of nitriles is 2. The third kappa shape index (κ3) is 9.15. The van der Waals surface area contributed by atoms with E-state index in [0.29, 0.717) is 27.8 Å². The molecule has 7 N–H and O–H groups in total. The highest BCUT2D eigenvalue weighted by Crippen LogP contribution is 2.37. The highest BCUT2D eigenvalue weighted by Gasteiger charge is 2.49. The van der Waals surface area contributed by atoms with Gasteiger partial charge >= 0.3 is 12.1 Å². The summed E-state index contributed by atoms with van der Waals surface area (Å²) in [5.74, 6) is -0.846. The molecule has 18 nitrogen and oxygen atoms in total. The fourth-order valence-corrected chi connectivity index (χ4v) is 8.61. The van der Waals surface area contributed by atoms with Crippen molar-refractivity contribution in [1.29, 1.82) is 10.5 Å². The highest BCUT2D eigenvalue weighted by atomic mass is 35.5. The van der Waals surface area contributed by atoms with Gasteiger partial charge in [-0.25, -0.2) is 9.59 Å². The molecule has 0 radical (unpaired) electrons. The lowest BCUT2D eigenvalue weighted by Crippen LogP contribution is -2.65. The number of carbonyl (C=O) groups excluding carboxylic acids is 4. The molecule has 2 aliphatic rings. The third-order valence-electron chi connectivity index (χ3n) is 12.1. The van der Waals surface area contributed by atoms with Gasteiger partial charge < -0.3 is 42.1 Å². The van der Waals surface area contributed by atoms with Crippen LogP contribution in [0, 0.1) is 36.5 Å². The molecule has 0 aliphatic carbocycles. The molecule has 0 atom stereocenters. The predicted molar refractivity (Wildman–Crippen MR) is 255 cm³/mol. The van der Waals surface area contributed by atoms with Crippen LogP contribution in [0.15, 0.2) is 103 Å². The number of hydrogen-bond donors (Lipinski definition) is 6. The Bertz CT molecular complexity index is 2940. The number of aromatic nitrogens is 4. The quantitative estimate of drug-likeness (QED) is 0.0614. The molecule has 2 aliphatic heterocycles. The van der Waals surface area contributed by atoms with Crippen molar-refractivity contribution in [3.8, 4) is 12.1 Å². The van der Waals surface area contributed by atoms with E-state index >= 15 is 0 Å². The van der Waals surface area contributed by atoms with Gasteiger partial charge in [-0.05, 0) is 79.4 Å². The van der Waals surface area contributed by atoms with Crippen LogP contribution >= 0.6 is 11.6 Å². The van der Waals surface area contributed by atoms with Crippen LogP contribution in [0.4, 0.5) is 49.7 Å². The largest absolute Gasteiger partial charge is 0.365 e. The van der Waals surface area contributed by atoms with Crippen molar-refractivity contribution in [2.45, 2.75) is 51.1 Å². The van der Waals surface area contributed by atoms with Crippen LogP contribution in [0.1, 0.15) is 57.2 Å². The summed E-state index contributed by atoms with van der Waals surface area (Å²) >= 11 is 6.36. The van der Waals surface area contributed by atoms with Gasteiger partial charge in [0.15, 0.2) is 11.6 Å². The molecule has 6 amide bonds. The molecule has 2 fully saturated rings. The third-order valence-corrected chi connectivity index (χ3v) is 12.4. The van der Waals surface area contributed by atoms with Crippen molar-refractivity contribution in [2.24, 2.45) is 5.73 Å². The Balaban J connectivity index is 0.970. The number of urea groups is 2. The molecule has 19 heteroatoms. The van der Waals surface area contributed by atoms with E-state index in [1.165, 1.54) is 10.9 Å². The number of nitrogens with two attached hydrogens (primary N) is 1. The number of likely N-dealkylation sites (tertiary alicyclic amines) is 2. The second-order valence-electron chi connectivity index (χ2n) is 16.8. The van der Waals surface area contributed by atoms with Gasteiger partial charge in [0.2, 0.25) is 0 Å². The zero-order valence-corrected chi connectivity index (χ0v) is 37.7. The lowest BCUT2D eigenvalue weighted by Gasteiger charge is -2.48. The number of para-hydroxylation sites is 3. The van der Waals surface area contributed by atoms with E-state index in [2.05, 4.69) is 43.8 Å². The summed E-state index contributed by atoms with van der Waals surface area (Å²) in [6, 6.07) is 30.8. The molecule has 0 unspecified atom stereocenters. The number of anilines is 7. The summed E-state index contributed by atoms with van der Waals surface area (Å²) in [5.41, 5.74) is 9.89. The average molecular weight is 919 g/mol. The molecular weight excluding hydrogens is 872 g/mol.